The van der Waals surface area contributed by atoms with Crippen LogP contribution in [-0.4, -0.2) is 40.9 Å². The first-order valence-corrected chi connectivity index (χ1v) is 6.18. The van der Waals surface area contributed by atoms with Crippen LogP contribution >= 0.6 is 0 Å². The summed E-state index contributed by atoms with van der Waals surface area (Å²) in [5.41, 5.74) is 7.21. The highest BCUT2D eigenvalue weighted by atomic mass is 16.5. The molecule has 1 aromatic heterocycles. The lowest BCUT2D eigenvalue weighted by Gasteiger charge is -2.37. The van der Waals surface area contributed by atoms with Gasteiger partial charge < -0.3 is 15.4 Å². The number of nitrogens with two attached hydrogens (primary N) is 1. The maximum absolute atomic E-state index is 7.72. The zero-order valence-electron chi connectivity index (χ0n) is 11.4. The zero-order valence-corrected chi connectivity index (χ0v) is 11.4. The van der Waals surface area contributed by atoms with Crippen LogP contribution in [0.4, 0.5) is 5.82 Å². The van der Waals surface area contributed by atoms with Gasteiger partial charge in [-0.15, -0.1) is 0 Å². The van der Waals surface area contributed by atoms with E-state index in [1.165, 1.54) is 0 Å². The zero-order chi connectivity index (χ0) is 13.4. The minimum absolute atomic E-state index is 0.0717. The van der Waals surface area contributed by atoms with E-state index in [-0.39, 0.29) is 18.0 Å². The lowest BCUT2D eigenvalue weighted by atomic mass is 10.1. The molecule has 100 valence electrons. The average Bonchev–Trinajstić information content (AvgIpc) is 2.51. The molecule has 2 rings (SSSR count). The highest BCUT2D eigenvalue weighted by Crippen LogP contribution is 2.25. The van der Waals surface area contributed by atoms with Crippen LogP contribution < -0.4 is 10.6 Å². The molecule has 6 heteroatoms. The number of aromatic nitrogens is 2. The van der Waals surface area contributed by atoms with Gasteiger partial charge >= 0.3 is 0 Å². The molecule has 2 atom stereocenters. The number of nitrogen functional groups attached to an aromatic ring is 1. The molecule has 6 nitrogen and oxygen atoms in total. The van der Waals surface area contributed by atoms with Crippen LogP contribution in [0.25, 0.3) is 0 Å². The quantitative estimate of drug-likeness (QED) is 0.596. The van der Waals surface area contributed by atoms with Crippen LogP contribution in [0.5, 0.6) is 0 Å². The van der Waals surface area contributed by atoms with Crippen molar-refractivity contribution in [2.45, 2.75) is 33.0 Å². The largest absolute Gasteiger partial charge is 0.384 e. The molecule has 1 aromatic rings. The summed E-state index contributed by atoms with van der Waals surface area (Å²) < 4.78 is 7.53. The number of morpholine rings is 1. The van der Waals surface area contributed by atoms with Gasteiger partial charge in [0.2, 0.25) is 0 Å². The number of hydrogen-bond donors (Lipinski definition) is 2. The van der Waals surface area contributed by atoms with Gasteiger partial charge in [-0.3, -0.25) is 10.1 Å². The summed E-state index contributed by atoms with van der Waals surface area (Å²) in [6, 6.07) is 0. The molecule has 2 heterocycles. The van der Waals surface area contributed by atoms with Gasteiger partial charge in [-0.25, -0.2) is 0 Å². The number of rotatable bonds is 2. The predicted molar refractivity (Wildman–Crippen MR) is 71.2 cm³/mol. The molecule has 0 bridgehead atoms. The van der Waals surface area contributed by atoms with E-state index < -0.39 is 0 Å². The lowest BCUT2D eigenvalue weighted by molar-refractivity contribution is -0.00565. The highest BCUT2D eigenvalue weighted by molar-refractivity contribution is 6.00. The van der Waals surface area contributed by atoms with Crippen molar-refractivity contribution in [3.05, 3.63) is 11.3 Å². The SMILES string of the molecule is Cc1nn(C)c(N2C[C@@H](C)O[C@@H](C)C2)c1C(=N)N. The Morgan fingerprint density at radius 1 is 1.39 bits per heavy atom. The molecule has 0 spiro atoms. The van der Waals surface area contributed by atoms with E-state index in [4.69, 9.17) is 15.9 Å². The van der Waals surface area contributed by atoms with Gasteiger partial charge in [0, 0.05) is 20.1 Å². The third kappa shape index (κ3) is 2.20. The topological polar surface area (TPSA) is 80.2 Å². The van der Waals surface area contributed by atoms with E-state index in [0.717, 1.165) is 30.2 Å². The van der Waals surface area contributed by atoms with E-state index in [1.54, 1.807) is 4.68 Å². The Kier molecular flexibility index (Phi) is 3.30. The second kappa shape index (κ2) is 4.61. The Balaban J connectivity index is 2.41. The first-order valence-electron chi connectivity index (χ1n) is 6.18. The second-order valence-corrected chi connectivity index (χ2v) is 4.98. The van der Waals surface area contributed by atoms with E-state index in [9.17, 15) is 0 Å². The fourth-order valence-electron chi connectivity index (χ4n) is 2.67. The van der Waals surface area contributed by atoms with Crippen molar-refractivity contribution in [1.82, 2.24) is 9.78 Å². The first-order chi connectivity index (χ1) is 8.40. The Bertz CT molecular complexity index is 457. The summed E-state index contributed by atoms with van der Waals surface area (Å²) in [6.07, 6.45) is 0.340. The fraction of sp³-hybridized carbons (Fsp3) is 0.667. The number of amidine groups is 1. The summed E-state index contributed by atoms with van der Waals surface area (Å²) in [5.74, 6) is 0.990. The number of nitrogens with one attached hydrogen (secondary N) is 1. The third-order valence-corrected chi connectivity index (χ3v) is 3.18. The van der Waals surface area contributed by atoms with Gasteiger partial charge in [0.25, 0.3) is 0 Å². The smallest absolute Gasteiger partial charge is 0.138 e. The van der Waals surface area contributed by atoms with Crippen molar-refractivity contribution in [1.29, 1.82) is 5.41 Å². The molecule has 0 radical (unpaired) electrons. The van der Waals surface area contributed by atoms with Gasteiger partial charge in [0.1, 0.15) is 11.7 Å². The summed E-state index contributed by atoms with van der Waals surface area (Å²) in [7, 11) is 1.89. The van der Waals surface area contributed by atoms with Crippen molar-refractivity contribution >= 4 is 11.7 Å². The van der Waals surface area contributed by atoms with Crippen molar-refractivity contribution in [2.75, 3.05) is 18.0 Å². The van der Waals surface area contributed by atoms with Gasteiger partial charge in [-0.2, -0.15) is 5.10 Å². The maximum Gasteiger partial charge on any atom is 0.138 e. The minimum Gasteiger partial charge on any atom is -0.384 e. The Hall–Kier alpha value is -1.56. The predicted octanol–water partition coefficient (Wildman–Crippen LogP) is 0.626. The van der Waals surface area contributed by atoms with E-state index in [1.807, 2.05) is 14.0 Å². The van der Waals surface area contributed by atoms with Crippen LogP contribution in [-0.2, 0) is 11.8 Å². The first kappa shape index (κ1) is 12.9. The van der Waals surface area contributed by atoms with Gasteiger partial charge in [-0.05, 0) is 20.8 Å². The number of ether oxygens (including phenoxy) is 1. The monoisotopic (exact) mass is 251 g/mol. The summed E-state index contributed by atoms with van der Waals surface area (Å²) >= 11 is 0. The molecule has 0 amide bonds. The number of nitrogens with zero attached hydrogens (tertiary/aromatic N) is 3. The van der Waals surface area contributed by atoms with Crippen LogP contribution in [0.1, 0.15) is 25.1 Å². The highest BCUT2D eigenvalue weighted by Gasteiger charge is 2.28. The van der Waals surface area contributed by atoms with Crippen molar-refractivity contribution < 1.29 is 4.74 Å². The fourth-order valence-corrected chi connectivity index (χ4v) is 2.67. The normalized spacial score (nSPS) is 24.3. The molecule has 3 N–H and O–H groups in total. The summed E-state index contributed by atoms with van der Waals surface area (Å²) in [4.78, 5) is 2.20. The molecule has 1 aliphatic heterocycles. The molecule has 18 heavy (non-hydrogen) atoms. The summed E-state index contributed by atoms with van der Waals surface area (Å²) in [6.45, 7) is 7.58. The van der Waals surface area contributed by atoms with Crippen molar-refractivity contribution in [3.8, 4) is 0 Å². The molecule has 0 aromatic carbocycles. The van der Waals surface area contributed by atoms with Crippen molar-refractivity contribution in [2.24, 2.45) is 12.8 Å². The van der Waals surface area contributed by atoms with Gasteiger partial charge in [0.05, 0.1) is 23.5 Å². The molecular weight excluding hydrogens is 230 g/mol. The van der Waals surface area contributed by atoms with E-state index >= 15 is 0 Å². The molecule has 1 fully saturated rings. The van der Waals surface area contributed by atoms with Gasteiger partial charge in [0.15, 0.2) is 0 Å². The molecule has 1 aliphatic rings. The minimum atomic E-state index is 0.0717. The lowest BCUT2D eigenvalue weighted by Crippen LogP contribution is -2.46. The van der Waals surface area contributed by atoms with Crippen LogP contribution in [0.15, 0.2) is 0 Å². The standard InChI is InChI=1S/C12H21N5O/c1-7-5-17(6-8(2)18-7)12-10(11(13)14)9(3)15-16(12)4/h7-8H,5-6H2,1-4H3,(H3,13,14)/t7-,8+. The Morgan fingerprint density at radius 2 is 1.94 bits per heavy atom. The second-order valence-electron chi connectivity index (χ2n) is 4.98. The molecular formula is C12H21N5O. The maximum atomic E-state index is 7.72. The molecule has 0 saturated carbocycles. The Morgan fingerprint density at radius 3 is 2.44 bits per heavy atom. The number of hydrogen-bond acceptors (Lipinski definition) is 4. The van der Waals surface area contributed by atoms with Crippen LogP contribution in [0.3, 0.4) is 0 Å². The molecule has 0 unspecified atom stereocenters. The van der Waals surface area contributed by atoms with E-state index in [0.29, 0.717) is 0 Å². The number of anilines is 1. The van der Waals surface area contributed by atoms with Crippen LogP contribution in [0.2, 0.25) is 0 Å². The summed E-state index contributed by atoms with van der Waals surface area (Å²) in [5, 5.41) is 12.1. The Labute approximate surface area is 107 Å². The molecule has 0 aliphatic carbocycles. The van der Waals surface area contributed by atoms with E-state index in [2.05, 4.69) is 23.8 Å². The van der Waals surface area contributed by atoms with Crippen molar-refractivity contribution in [3.63, 3.8) is 0 Å². The third-order valence-electron chi connectivity index (χ3n) is 3.18. The molecule has 1 saturated heterocycles. The van der Waals surface area contributed by atoms with Gasteiger partial charge in [-0.1, -0.05) is 0 Å². The van der Waals surface area contributed by atoms with Crippen LogP contribution in [0, 0.1) is 12.3 Å². The average molecular weight is 251 g/mol. The number of aryl methyl sites for hydroxylation is 2.